The van der Waals surface area contributed by atoms with Gasteiger partial charge in [0.25, 0.3) is 5.91 Å². The van der Waals surface area contributed by atoms with Crippen molar-refractivity contribution in [2.75, 3.05) is 19.6 Å². The van der Waals surface area contributed by atoms with Crippen LogP contribution in [0.4, 0.5) is 4.39 Å². The number of aromatic nitrogens is 2. The smallest absolute Gasteiger partial charge is 0.274 e. The quantitative estimate of drug-likeness (QED) is 0.844. The van der Waals surface area contributed by atoms with Crippen LogP contribution < -0.4 is 0 Å². The van der Waals surface area contributed by atoms with Gasteiger partial charge in [-0.05, 0) is 30.5 Å². The van der Waals surface area contributed by atoms with Crippen LogP contribution >= 0.6 is 0 Å². The highest BCUT2D eigenvalue weighted by molar-refractivity contribution is 5.93. The summed E-state index contributed by atoms with van der Waals surface area (Å²) in [7, 11) is 0. The van der Waals surface area contributed by atoms with Gasteiger partial charge in [0.15, 0.2) is 0 Å². The standard InChI is InChI=1S/C19H19FN4O2/c20-15-3-1-2-14(10-15)12-23-8-4-19(18(23)26)5-9-24(13-19)17(25)16-11-21-6-7-22-16/h1-3,6-7,10-11H,4-5,8-9,12-13H2/t19-/m0/s1. The summed E-state index contributed by atoms with van der Waals surface area (Å²) in [6.45, 7) is 1.97. The lowest BCUT2D eigenvalue weighted by molar-refractivity contribution is -0.135. The summed E-state index contributed by atoms with van der Waals surface area (Å²) in [5, 5.41) is 0. The first-order chi connectivity index (χ1) is 12.6. The summed E-state index contributed by atoms with van der Waals surface area (Å²) in [5.41, 5.74) is 0.554. The van der Waals surface area contributed by atoms with Crippen molar-refractivity contribution in [2.24, 2.45) is 5.41 Å². The molecule has 134 valence electrons. The topological polar surface area (TPSA) is 66.4 Å². The molecule has 7 heteroatoms. The van der Waals surface area contributed by atoms with E-state index in [4.69, 9.17) is 0 Å². The van der Waals surface area contributed by atoms with E-state index in [1.54, 1.807) is 15.9 Å². The van der Waals surface area contributed by atoms with E-state index < -0.39 is 5.41 Å². The molecule has 1 spiro atoms. The average molecular weight is 354 g/mol. The number of hydrogen-bond donors (Lipinski definition) is 0. The molecule has 1 atom stereocenters. The molecule has 2 aliphatic rings. The number of benzene rings is 1. The minimum Gasteiger partial charge on any atom is -0.338 e. The molecule has 2 fully saturated rings. The zero-order valence-electron chi connectivity index (χ0n) is 14.3. The third kappa shape index (κ3) is 2.94. The number of likely N-dealkylation sites (tertiary alicyclic amines) is 2. The molecule has 0 aliphatic carbocycles. The van der Waals surface area contributed by atoms with Gasteiger partial charge in [0.05, 0.1) is 11.6 Å². The summed E-state index contributed by atoms with van der Waals surface area (Å²) < 4.78 is 13.4. The van der Waals surface area contributed by atoms with Gasteiger partial charge in [-0.15, -0.1) is 0 Å². The zero-order valence-corrected chi connectivity index (χ0v) is 14.3. The minimum atomic E-state index is -0.523. The number of carbonyl (C=O) groups excluding carboxylic acids is 2. The van der Waals surface area contributed by atoms with Crippen LogP contribution in [0.25, 0.3) is 0 Å². The second kappa shape index (κ2) is 6.48. The van der Waals surface area contributed by atoms with Gasteiger partial charge in [0.2, 0.25) is 5.91 Å². The van der Waals surface area contributed by atoms with Gasteiger partial charge in [0.1, 0.15) is 11.5 Å². The summed E-state index contributed by atoms with van der Waals surface area (Å²) in [6.07, 6.45) is 5.82. The van der Waals surface area contributed by atoms with Crippen molar-refractivity contribution < 1.29 is 14.0 Å². The maximum Gasteiger partial charge on any atom is 0.274 e. The molecule has 0 saturated carbocycles. The molecule has 0 radical (unpaired) electrons. The van der Waals surface area contributed by atoms with Crippen LogP contribution in [0.1, 0.15) is 28.9 Å². The van der Waals surface area contributed by atoms with Gasteiger partial charge < -0.3 is 9.80 Å². The number of rotatable bonds is 3. The fourth-order valence-corrected chi connectivity index (χ4v) is 3.90. The SMILES string of the molecule is O=C(c1cnccn1)N1CC[C@@]2(CCN(Cc3cccc(F)c3)C2=O)C1. The van der Waals surface area contributed by atoms with E-state index in [1.807, 2.05) is 6.07 Å². The van der Waals surface area contributed by atoms with Crippen LogP contribution in [0.3, 0.4) is 0 Å². The van der Waals surface area contributed by atoms with Crippen LogP contribution in [0.5, 0.6) is 0 Å². The molecule has 26 heavy (non-hydrogen) atoms. The van der Waals surface area contributed by atoms with E-state index in [1.165, 1.54) is 30.7 Å². The first-order valence-corrected chi connectivity index (χ1v) is 8.67. The monoisotopic (exact) mass is 354 g/mol. The average Bonchev–Trinajstić information content (AvgIpc) is 3.22. The van der Waals surface area contributed by atoms with E-state index in [2.05, 4.69) is 9.97 Å². The predicted molar refractivity (Wildman–Crippen MR) is 91.4 cm³/mol. The Bertz CT molecular complexity index is 844. The third-order valence-corrected chi connectivity index (χ3v) is 5.29. The second-order valence-corrected chi connectivity index (χ2v) is 6.95. The molecule has 1 aromatic heterocycles. The maximum absolute atomic E-state index is 13.4. The number of hydrogen-bond acceptors (Lipinski definition) is 4. The number of nitrogens with zero attached hydrogens (tertiary/aromatic N) is 4. The molecular formula is C19H19FN4O2. The molecule has 2 aromatic rings. The fourth-order valence-electron chi connectivity index (χ4n) is 3.90. The van der Waals surface area contributed by atoms with E-state index >= 15 is 0 Å². The van der Waals surface area contributed by atoms with Crippen LogP contribution in [-0.2, 0) is 11.3 Å². The fraction of sp³-hybridized carbons (Fsp3) is 0.368. The molecule has 4 rings (SSSR count). The van der Waals surface area contributed by atoms with Crippen molar-refractivity contribution in [1.82, 2.24) is 19.8 Å². The Morgan fingerprint density at radius 3 is 2.85 bits per heavy atom. The first kappa shape index (κ1) is 16.6. The lowest BCUT2D eigenvalue weighted by atomic mass is 9.85. The van der Waals surface area contributed by atoms with E-state index in [0.29, 0.717) is 44.7 Å². The Morgan fingerprint density at radius 1 is 1.23 bits per heavy atom. The van der Waals surface area contributed by atoms with Gasteiger partial charge in [-0.25, -0.2) is 9.37 Å². The molecule has 2 amide bonds. The van der Waals surface area contributed by atoms with Crippen LogP contribution in [0, 0.1) is 11.2 Å². The summed E-state index contributed by atoms with van der Waals surface area (Å²) in [6, 6.07) is 6.32. The van der Waals surface area contributed by atoms with E-state index in [0.717, 1.165) is 5.56 Å². The summed E-state index contributed by atoms with van der Waals surface area (Å²) >= 11 is 0. The predicted octanol–water partition coefficient (Wildman–Crippen LogP) is 1.88. The molecule has 2 saturated heterocycles. The number of carbonyl (C=O) groups is 2. The highest BCUT2D eigenvalue weighted by atomic mass is 19.1. The number of halogens is 1. The van der Waals surface area contributed by atoms with Gasteiger partial charge >= 0.3 is 0 Å². The molecule has 0 N–H and O–H groups in total. The highest BCUT2D eigenvalue weighted by Gasteiger charge is 2.51. The van der Waals surface area contributed by atoms with Crippen LogP contribution in [-0.4, -0.2) is 51.2 Å². The lowest BCUT2D eigenvalue weighted by Gasteiger charge is -2.23. The zero-order chi connectivity index (χ0) is 18.1. The van der Waals surface area contributed by atoms with Crippen molar-refractivity contribution >= 4 is 11.8 Å². The molecular weight excluding hydrogens is 335 g/mol. The number of amides is 2. The van der Waals surface area contributed by atoms with Crippen molar-refractivity contribution in [3.63, 3.8) is 0 Å². The summed E-state index contributed by atoms with van der Waals surface area (Å²) in [5.74, 6) is -0.437. The normalized spacial score (nSPS) is 22.4. The first-order valence-electron chi connectivity index (χ1n) is 8.67. The highest BCUT2D eigenvalue weighted by Crippen LogP contribution is 2.41. The van der Waals surface area contributed by atoms with Crippen molar-refractivity contribution in [3.8, 4) is 0 Å². The molecule has 1 aromatic carbocycles. The van der Waals surface area contributed by atoms with E-state index in [9.17, 15) is 14.0 Å². The Kier molecular flexibility index (Phi) is 4.14. The lowest BCUT2D eigenvalue weighted by Crippen LogP contribution is -2.38. The van der Waals surface area contributed by atoms with Gasteiger partial charge in [-0.2, -0.15) is 0 Å². The van der Waals surface area contributed by atoms with Crippen LogP contribution in [0.2, 0.25) is 0 Å². The maximum atomic E-state index is 13.4. The van der Waals surface area contributed by atoms with Crippen LogP contribution in [0.15, 0.2) is 42.9 Å². The molecule has 0 bridgehead atoms. The Labute approximate surface area is 150 Å². The summed E-state index contributed by atoms with van der Waals surface area (Å²) in [4.78, 5) is 37.0. The Balaban J connectivity index is 1.45. The van der Waals surface area contributed by atoms with Crippen molar-refractivity contribution in [2.45, 2.75) is 19.4 Å². The Hall–Kier alpha value is -2.83. The molecule has 0 unspecified atom stereocenters. The third-order valence-electron chi connectivity index (χ3n) is 5.29. The van der Waals surface area contributed by atoms with E-state index in [-0.39, 0.29) is 17.6 Å². The Morgan fingerprint density at radius 2 is 2.08 bits per heavy atom. The van der Waals surface area contributed by atoms with Gasteiger partial charge in [-0.3, -0.25) is 14.6 Å². The second-order valence-electron chi connectivity index (χ2n) is 6.95. The molecule has 6 nitrogen and oxygen atoms in total. The molecule has 3 heterocycles. The molecule has 2 aliphatic heterocycles. The van der Waals surface area contributed by atoms with Gasteiger partial charge in [0, 0.05) is 38.6 Å². The van der Waals surface area contributed by atoms with Gasteiger partial charge in [-0.1, -0.05) is 12.1 Å². The minimum absolute atomic E-state index is 0.0520. The largest absolute Gasteiger partial charge is 0.338 e. The van der Waals surface area contributed by atoms with Crippen molar-refractivity contribution in [3.05, 3.63) is 59.9 Å². The van der Waals surface area contributed by atoms with Crippen molar-refractivity contribution in [1.29, 1.82) is 0 Å².